The van der Waals surface area contributed by atoms with Crippen molar-refractivity contribution in [2.24, 2.45) is 5.90 Å². The lowest BCUT2D eigenvalue weighted by molar-refractivity contribution is 0.397. The minimum absolute atomic E-state index is 0.662. The van der Waals surface area contributed by atoms with E-state index in [1.807, 2.05) is 25.2 Å². The zero-order chi connectivity index (χ0) is 9.84. The normalized spacial score (nSPS) is 10.1. The van der Waals surface area contributed by atoms with Crippen molar-refractivity contribution in [1.29, 1.82) is 0 Å². The summed E-state index contributed by atoms with van der Waals surface area (Å²) in [6.45, 7) is 0. The molecule has 72 valence electrons. The molecule has 0 atom stereocenters. The van der Waals surface area contributed by atoms with Gasteiger partial charge in [0.05, 0.1) is 11.4 Å². The molecule has 0 heterocycles. The molecule has 0 aliphatic carbocycles. The number of nitrogens with two attached hydrogens (primary N) is 2. The summed E-state index contributed by atoms with van der Waals surface area (Å²) in [5, 5.41) is 0. The first-order valence-electron chi connectivity index (χ1n) is 3.48. The molecule has 6 heteroatoms. The molecule has 0 saturated heterocycles. The van der Waals surface area contributed by atoms with Gasteiger partial charge in [0.2, 0.25) is 0 Å². The van der Waals surface area contributed by atoms with Crippen molar-refractivity contribution in [1.82, 2.24) is 0 Å². The number of nitrogens with zero attached hydrogens (tertiary/aromatic N) is 1. The monoisotopic (exact) mass is 263 g/mol. The molecule has 0 aliphatic rings. The second-order valence-corrected chi connectivity index (χ2v) is 4.08. The minimum atomic E-state index is 0.662. The molecule has 0 aliphatic heterocycles. The van der Waals surface area contributed by atoms with Crippen LogP contribution < -0.4 is 15.9 Å². The van der Waals surface area contributed by atoms with Gasteiger partial charge in [-0.3, -0.25) is 4.31 Å². The van der Waals surface area contributed by atoms with Crippen LogP contribution in [0.1, 0.15) is 0 Å². The quantitative estimate of drug-likeness (QED) is 0.378. The summed E-state index contributed by atoms with van der Waals surface area (Å²) in [7, 11) is 1.82. The summed E-state index contributed by atoms with van der Waals surface area (Å²) < 4.78 is 7.02. The SMILES string of the molecule is CN(SON)c1cccc(Br)c1N. The van der Waals surface area contributed by atoms with E-state index in [-0.39, 0.29) is 0 Å². The van der Waals surface area contributed by atoms with Gasteiger partial charge in [0.25, 0.3) is 0 Å². The summed E-state index contributed by atoms with van der Waals surface area (Å²) in [5.74, 6) is 4.92. The third-order valence-electron chi connectivity index (χ3n) is 1.52. The van der Waals surface area contributed by atoms with Crippen LogP contribution in [-0.2, 0) is 4.28 Å². The van der Waals surface area contributed by atoms with Crippen LogP contribution in [0.3, 0.4) is 0 Å². The van der Waals surface area contributed by atoms with Crippen molar-refractivity contribution in [3.63, 3.8) is 0 Å². The van der Waals surface area contributed by atoms with E-state index in [9.17, 15) is 0 Å². The first-order chi connectivity index (χ1) is 6.16. The van der Waals surface area contributed by atoms with E-state index in [4.69, 9.17) is 11.6 Å². The predicted octanol–water partition coefficient (Wildman–Crippen LogP) is 1.92. The summed E-state index contributed by atoms with van der Waals surface area (Å²) in [5.41, 5.74) is 7.33. The average molecular weight is 264 g/mol. The van der Waals surface area contributed by atoms with Gasteiger partial charge in [-0.05, 0) is 28.1 Å². The number of hydrogen-bond acceptors (Lipinski definition) is 5. The Kier molecular flexibility index (Phi) is 3.86. The van der Waals surface area contributed by atoms with Crippen LogP contribution in [0.2, 0.25) is 0 Å². The zero-order valence-electron chi connectivity index (χ0n) is 7.03. The fourth-order valence-corrected chi connectivity index (χ4v) is 1.63. The van der Waals surface area contributed by atoms with Crippen LogP contribution >= 0.6 is 28.2 Å². The maximum atomic E-state index is 5.82. The van der Waals surface area contributed by atoms with Crippen molar-refractivity contribution in [3.8, 4) is 0 Å². The predicted molar refractivity (Wildman–Crippen MR) is 59.8 cm³/mol. The van der Waals surface area contributed by atoms with Crippen molar-refractivity contribution < 1.29 is 4.28 Å². The Morgan fingerprint density at radius 1 is 1.54 bits per heavy atom. The first kappa shape index (κ1) is 10.6. The highest BCUT2D eigenvalue weighted by Gasteiger charge is 2.07. The van der Waals surface area contributed by atoms with Gasteiger partial charge >= 0.3 is 0 Å². The van der Waals surface area contributed by atoms with E-state index in [0.29, 0.717) is 5.69 Å². The van der Waals surface area contributed by atoms with Gasteiger partial charge in [-0.25, -0.2) is 10.2 Å². The van der Waals surface area contributed by atoms with Crippen molar-refractivity contribution in [2.45, 2.75) is 0 Å². The molecule has 0 radical (unpaired) electrons. The molecule has 0 amide bonds. The van der Waals surface area contributed by atoms with Crippen LogP contribution in [0.4, 0.5) is 11.4 Å². The van der Waals surface area contributed by atoms with Crippen molar-refractivity contribution in [2.75, 3.05) is 17.1 Å². The molecule has 1 aromatic rings. The van der Waals surface area contributed by atoms with Crippen LogP contribution in [0, 0.1) is 0 Å². The molecule has 1 aromatic carbocycles. The summed E-state index contributed by atoms with van der Waals surface area (Å²) in [6, 6.07) is 5.65. The van der Waals surface area contributed by atoms with Gasteiger partial charge in [-0.2, -0.15) is 0 Å². The number of para-hydroxylation sites is 1. The van der Waals surface area contributed by atoms with Gasteiger partial charge in [0.15, 0.2) is 0 Å². The lowest BCUT2D eigenvalue weighted by atomic mass is 10.3. The molecule has 0 unspecified atom stereocenters. The number of hydrogen-bond donors (Lipinski definition) is 2. The first-order valence-corrected chi connectivity index (χ1v) is 4.97. The fraction of sp³-hybridized carbons (Fsp3) is 0.143. The second kappa shape index (κ2) is 4.71. The zero-order valence-corrected chi connectivity index (χ0v) is 9.43. The van der Waals surface area contributed by atoms with Crippen LogP contribution in [0.25, 0.3) is 0 Å². The van der Waals surface area contributed by atoms with Crippen LogP contribution in [0.15, 0.2) is 22.7 Å². The molecule has 1 rings (SSSR count). The lowest BCUT2D eigenvalue weighted by Crippen LogP contribution is -2.11. The summed E-state index contributed by atoms with van der Waals surface area (Å²) in [4.78, 5) is 0. The molecule has 0 spiro atoms. The Morgan fingerprint density at radius 3 is 2.85 bits per heavy atom. The molecule has 4 nitrogen and oxygen atoms in total. The highest BCUT2D eigenvalue weighted by molar-refractivity contribution is 9.10. The van der Waals surface area contributed by atoms with Gasteiger partial charge < -0.3 is 5.73 Å². The van der Waals surface area contributed by atoms with Gasteiger partial charge in [-0.15, -0.1) is 0 Å². The number of rotatable bonds is 3. The van der Waals surface area contributed by atoms with E-state index in [1.54, 1.807) is 4.31 Å². The topological polar surface area (TPSA) is 64.5 Å². The lowest BCUT2D eigenvalue weighted by Gasteiger charge is -2.17. The molecule has 0 fully saturated rings. The second-order valence-electron chi connectivity index (χ2n) is 2.34. The molecule has 4 N–H and O–H groups in total. The van der Waals surface area contributed by atoms with Gasteiger partial charge in [0, 0.05) is 11.5 Å². The number of nitrogen functional groups attached to an aromatic ring is 1. The van der Waals surface area contributed by atoms with Gasteiger partial charge in [-0.1, -0.05) is 6.07 Å². The smallest absolute Gasteiger partial charge is 0.135 e. The summed E-state index contributed by atoms with van der Waals surface area (Å²) >= 11 is 4.35. The molecule has 0 saturated carbocycles. The Balaban J connectivity index is 2.93. The number of anilines is 2. The van der Waals surface area contributed by atoms with Gasteiger partial charge in [0.1, 0.15) is 12.2 Å². The average Bonchev–Trinajstić information content (AvgIpc) is 2.10. The third-order valence-corrected chi connectivity index (χ3v) is 2.72. The van der Waals surface area contributed by atoms with Crippen LogP contribution in [0.5, 0.6) is 0 Å². The Morgan fingerprint density at radius 2 is 2.23 bits per heavy atom. The van der Waals surface area contributed by atoms with E-state index in [0.717, 1.165) is 22.4 Å². The highest BCUT2D eigenvalue weighted by Crippen LogP contribution is 2.32. The number of benzene rings is 1. The maximum Gasteiger partial charge on any atom is 0.135 e. The standard InChI is InChI=1S/C7H10BrN3OS/c1-11(13-12-10)6-4-2-3-5(8)7(6)9/h2-4H,9-10H2,1H3. The Labute approximate surface area is 89.6 Å². The minimum Gasteiger partial charge on any atom is -0.396 e. The molecular formula is C7H10BrN3OS. The highest BCUT2D eigenvalue weighted by atomic mass is 79.9. The Bertz CT molecular complexity index is 297. The number of halogens is 1. The van der Waals surface area contributed by atoms with E-state index in [2.05, 4.69) is 20.2 Å². The van der Waals surface area contributed by atoms with Crippen molar-refractivity contribution in [3.05, 3.63) is 22.7 Å². The van der Waals surface area contributed by atoms with E-state index >= 15 is 0 Å². The van der Waals surface area contributed by atoms with Crippen molar-refractivity contribution >= 4 is 39.5 Å². The molecule has 0 aromatic heterocycles. The Hall–Kier alpha value is -0.430. The molecule has 0 bridgehead atoms. The largest absolute Gasteiger partial charge is 0.396 e. The van der Waals surface area contributed by atoms with Crippen LogP contribution in [-0.4, -0.2) is 7.05 Å². The third kappa shape index (κ3) is 2.50. The fourth-order valence-electron chi connectivity index (χ4n) is 0.905. The summed E-state index contributed by atoms with van der Waals surface area (Å²) in [6.07, 6.45) is 0. The molecule has 13 heavy (non-hydrogen) atoms. The molecular weight excluding hydrogens is 254 g/mol. The maximum absolute atomic E-state index is 5.82. The van der Waals surface area contributed by atoms with E-state index in [1.165, 1.54) is 0 Å². The van der Waals surface area contributed by atoms with E-state index < -0.39 is 0 Å².